The highest BCUT2D eigenvalue weighted by Gasteiger charge is 2.24. The van der Waals surface area contributed by atoms with Crippen molar-refractivity contribution in [3.05, 3.63) is 52.5 Å². The Labute approximate surface area is 184 Å². The van der Waals surface area contributed by atoms with Crippen LogP contribution >= 0.6 is 15.9 Å². The summed E-state index contributed by atoms with van der Waals surface area (Å²) in [6.07, 6.45) is 0. The number of nitrogens with zero attached hydrogens (tertiary/aromatic N) is 3. The average Bonchev–Trinajstić information content (AvgIpc) is 2.74. The number of amides is 1. The maximum atomic E-state index is 12.7. The third kappa shape index (κ3) is 5.17. The van der Waals surface area contributed by atoms with Crippen molar-refractivity contribution in [3.63, 3.8) is 0 Å². The predicted molar refractivity (Wildman–Crippen MR) is 117 cm³/mol. The standard InChI is InChI=1S/C20H21BrN4O4S/c1-24(30(27,28)17-5-2-15(13-22)3-6-17)14-20(26)23-18-12-16(21)4-7-19(18)25-8-10-29-11-9-25/h2-7,12H,8-11,14H2,1H3,(H,23,26). The molecule has 0 aliphatic carbocycles. The molecule has 1 heterocycles. The minimum Gasteiger partial charge on any atom is -0.378 e. The molecule has 0 unspecified atom stereocenters. The van der Waals surface area contributed by atoms with Gasteiger partial charge < -0.3 is 15.0 Å². The van der Waals surface area contributed by atoms with Crippen LogP contribution in [0.25, 0.3) is 0 Å². The molecule has 0 radical (unpaired) electrons. The molecule has 30 heavy (non-hydrogen) atoms. The summed E-state index contributed by atoms with van der Waals surface area (Å²) in [6.45, 7) is 2.27. The second kappa shape index (κ2) is 9.57. The van der Waals surface area contributed by atoms with Gasteiger partial charge in [0.2, 0.25) is 15.9 Å². The monoisotopic (exact) mass is 492 g/mol. The van der Waals surface area contributed by atoms with E-state index in [9.17, 15) is 13.2 Å². The minimum atomic E-state index is -3.86. The van der Waals surface area contributed by atoms with E-state index in [2.05, 4.69) is 26.1 Å². The number of morpholine rings is 1. The Morgan fingerprint density at radius 2 is 1.90 bits per heavy atom. The van der Waals surface area contributed by atoms with Crippen LogP contribution in [-0.4, -0.2) is 58.5 Å². The second-order valence-corrected chi connectivity index (χ2v) is 9.67. The van der Waals surface area contributed by atoms with E-state index in [1.807, 2.05) is 18.2 Å². The zero-order valence-electron chi connectivity index (χ0n) is 16.3. The Kier molecular flexibility index (Phi) is 7.10. The number of hydrogen-bond donors (Lipinski definition) is 1. The molecule has 8 nitrogen and oxygen atoms in total. The molecule has 0 atom stereocenters. The van der Waals surface area contributed by atoms with Gasteiger partial charge >= 0.3 is 0 Å². The van der Waals surface area contributed by atoms with Crippen molar-refractivity contribution in [1.82, 2.24) is 4.31 Å². The van der Waals surface area contributed by atoms with Gasteiger partial charge in [0, 0.05) is 24.6 Å². The lowest BCUT2D eigenvalue weighted by atomic mass is 10.2. The number of nitriles is 1. The molecule has 1 saturated heterocycles. The number of hydrogen-bond acceptors (Lipinski definition) is 6. The van der Waals surface area contributed by atoms with Crippen LogP contribution in [0.4, 0.5) is 11.4 Å². The lowest BCUT2D eigenvalue weighted by molar-refractivity contribution is -0.116. The predicted octanol–water partition coefficient (Wildman–Crippen LogP) is 2.42. The van der Waals surface area contributed by atoms with Crippen LogP contribution in [0, 0.1) is 11.3 Å². The number of nitrogens with one attached hydrogen (secondary N) is 1. The SMILES string of the molecule is CN(CC(=O)Nc1cc(Br)ccc1N1CCOCC1)S(=O)(=O)c1ccc(C#N)cc1. The summed E-state index contributed by atoms with van der Waals surface area (Å²) in [6, 6.07) is 13.1. The summed E-state index contributed by atoms with van der Waals surface area (Å²) in [4.78, 5) is 14.8. The van der Waals surface area contributed by atoms with Crippen LogP contribution in [0.1, 0.15) is 5.56 Å². The number of ether oxygens (including phenoxy) is 1. The summed E-state index contributed by atoms with van der Waals surface area (Å²) < 4.78 is 32.6. The maximum absolute atomic E-state index is 12.7. The van der Waals surface area contributed by atoms with E-state index in [0.29, 0.717) is 37.6 Å². The van der Waals surface area contributed by atoms with Gasteiger partial charge in [0.15, 0.2) is 0 Å². The van der Waals surface area contributed by atoms with Crippen molar-refractivity contribution < 1.29 is 17.9 Å². The number of carbonyl (C=O) groups excluding carboxylic acids is 1. The lowest BCUT2D eigenvalue weighted by Crippen LogP contribution is -2.38. The van der Waals surface area contributed by atoms with Crippen molar-refractivity contribution in [2.24, 2.45) is 0 Å². The van der Waals surface area contributed by atoms with Crippen molar-refractivity contribution in [2.75, 3.05) is 50.1 Å². The van der Waals surface area contributed by atoms with Crippen molar-refractivity contribution in [2.45, 2.75) is 4.90 Å². The fourth-order valence-corrected chi connectivity index (χ4v) is 4.53. The average molecular weight is 493 g/mol. The zero-order valence-corrected chi connectivity index (χ0v) is 18.7. The lowest BCUT2D eigenvalue weighted by Gasteiger charge is -2.30. The highest BCUT2D eigenvalue weighted by molar-refractivity contribution is 9.10. The molecule has 1 aliphatic rings. The van der Waals surface area contributed by atoms with Crippen LogP contribution in [0.15, 0.2) is 51.8 Å². The van der Waals surface area contributed by atoms with E-state index in [1.54, 1.807) is 6.07 Å². The molecule has 0 saturated carbocycles. The van der Waals surface area contributed by atoms with Crippen molar-refractivity contribution in [3.8, 4) is 6.07 Å². The van der Waals surface area contributed by atoms with Crippen LogP contribution in [0.2, 0.25) is 0 Å². The number of rotatable bonds is 6. The van der Waals surface area contributed by atoms with E-state index in [0.717, 1.165) is 14.5 Å². The zero-order chi connectivity index (χ0) is 21.7. The maximum Gasteiger partial charge on any atom is 0.243 e. The summed E-state index contributed by atoms with van der Waals surface area (Å²) in [5, 5.41) is 11.7. The Morgan fingerprint density at radius 3 is 2.53 bits per heavy atom. The fraction of sp³-hybridized carbons (Fsp3) is 0.300. The van der Waals surface area contributed by atoms with E-state index >= 15 is 0 Å². The molecule has 3 rings (SSSR count). The Balaban J connectivity index is 1.73. The molecule has 2 aromatic rings. The highest BCUT2D eigenvalue weighted by atomic mass is 79.9. The summed E-state index contributed by atoms with van der Waals surface area (Å²) in [7, 11) is -2.52. The Hall–Kier alpha value is -2.45. The number of sulfonamides is 1. The largest absolute Gasteiger partial charge is 0.378 e. The van der Waals surface area contributed by atoms with E-state index in [1.165, 1.54) is 31.3 Å². The molecule has 158 valence electrons. The normalized spacial score (nSPS) is 14.4. The third-order valence-corrected chi connectivity index (χ3v) is 6.95. The van der Waals surface area contributed by atoms with Gasteiger partial charge in [0.1, 0.15) is 0 Å². The highest BCUT2D eigenvalue weighted by Crippen LogP contribution is 2.30. The van der Waals surface area contributed by atoms with Gasteiger partial charge in [0.05, 0.1) is 47.7 Å². The number of carbonyl (C=O) groups is 1. The second-order valence-electron chi connectivity index (χ2n) is 6.71. The van der Waals surface area contributed by atoms with Gasteiger partial charge in [-0.3, -0.25) is 4.79 Å². The first kappa shape index (κ1) is 22.2. The summed E-state index contributed by atoms with van der Waals surface area (Å²) >= 11 is 3.41. The molecule has 2 aromatic carbocycles. The smallest absolute Gasteiger partial charge is 0.243 e. The molecular weight excluding hydrogens is 472 g/mol. The first-order valence-corrected chi connectivity index (χ1v) is 11.4. The van der Waals surface area contributed by atoms with Gasteiger partial charge in [-0.1, -0.05) is 15.9 Å². The number of halogens is 1. The molecule has 10 heteroatoms. The van der Waals surface area contributed by atoms with Gasteiger partial charge in [-0.2, -0.15) is 9.57 Å². The van der Waals surface area contributed by atoms with Crippen LogP contribution in [0.3, 0.4) is 0 Å². The number of anilines is 2. The van der Waals surface area contributed by atoms with Crippen molar-refractivity contribution in [1.29, 1.82) is 5.26 Å². The first-order chi connectivity index (χ1) is 14.3. The van der Waals surface area contributed by atoms with Gasteiger partial charge in [-0.05, 0) is 42.5 Å². The van der Waals surface area contributed by atoms with Crippen LogP contribution in [-0.2, 0) is 19.6 Å². The molecular formula is C20H21BrN4O4S. The fourth-order valence-electron chi connectivity index (χ4n) is 3.05. The minimum absolute atomic E-state index is 0.0215. The first-order valence-electron chi connectivity index (χ1n) is 9.20. The summed E-state index contributed by atoms with van der Waals surface area (Å²) in [5.41, 5.74) is 1.81. The molecule has 1 N–H and O–H groups in total. The van der Waals surface area contributed by atoms with E-state index in [-0.39, 0.29) is 11.4 Å². The van der Waals surface area contributed by atoms with E-state index < -0.39 is 15.9 Å². The van der Waals surface area contributed by atoms with Crippen molar-refractivity contribution >= 4 is 43.2 Å². The molecule has 0 bridgehead atoms. The van der Waals surface area contributed by atoms with Crippen LogP contribution < -0.4 is 10.2 Å². The quantitative estimate of drug-likeness (QED) is 0.663. The molecule has 1 fully saturated rings. The van der Waals surface area contributed by atoms with Gasteiger partial charge in [0.25, 0.3) is 0 Å². The number of likely N-dealkylation sites (N-methyl/N-ethyl adjacent to an activating group) is 1. The molecule has 1 amide bonds. The Bertz CT molecular complexity index is 1060. The molecule has 0 spiro atoms. The molecule has 1 aliphatic heterocycles. The third-order valence-electron chi connectivity index (χ3n) is 4.64. The molecule has 0 aromatic heterocycles. The van der Waals surface area contributed by atoms with Gasteiger partial charge in [-0.15, -0.1) is 0 Å². The topological polar surface area (TPSA) is 103 Å². The summed E-state index contributed by atoms with van der Waals surface area (Å²) in [5.74, 6) is -0.456. The van der Waals surface area contributed by atoms with Crippen LogP contribution in [0.5, 0.6) is 0 Å². The Morgan fingerprint density at radius 1 is 1.23 bits per heavy atom. The number of benzene rings is 2. The van der Waals surface area contributed by atoms with E-state index in [4.69, 9.17) is 10.00 Å². The van der Waals surface area contributed by atoms with Gasteiger partial charge in [-0.25, -0.2) is 8.42 Å².